The van der Waals surface area contributed by atoms with Gasteiger partial charge in [0.1, 0.15) is 17.3 Å². The van der Waals surface area contributed by atoms with Crippen LogP contribution in [-0.4, -0.2) is 18.9 Å². The highest BCUT2D eigenvalue weighted by molar-refractivity contribution is 6.14. The van der Waals surface area contributed by atoms with Gasteiger partial charge in [0.05, 0.1) is 7.11 Å². The first-order valence-corrected chi connectivity index (χ1v) is 8.92. The van der Waals surface area contributed by atoms with Gasteiger partial charge in [-0.25, -0.2) is 4.99 Å². The van der Waals surface area contributed by atoms with Crippen molar-refractivity contribution >= 4 is 17.8 Å². The number of carbonyl (C=O) groups excluding carboxylic acids is 1. The highest BCUT2D eigenvalue weighted by Gasteiger charge is 2.19. The molecule has 0 bridgehead atoms. The third kappa shape index (κ3) is 4.02. The third-order valence-electron chi connectivity index (χ3n) is 4.63. The molecule has 0 atom stereocenters. The van der Waals surface area contributed by atoms with Crippen LogP contribution in [0, 0.1) is 6.92 Å². The zero-order valence-electron chi connectivity index (χ0n) is 15.5. The number of nitrogens with zero attached hydrogens (tertiary/aromatic N) is 1. The van der Waals surface area contributed by atoms with Gasteiger partial charge in [-0.1, -0.05) is 37.3 Å². The van der Waals surface area contributed by atoms with E-state index in [2.05, 4.69) is 36.3 Å². The topological polar surface area (TPSA) is 50.7 Å². The van der Waals surface area contributed by atoms with Gasteiger partial charge < -0.3 is 10.1 Å². The Morgan fingerprint density at radius 2 is 1.92 bits per heavy atom. The first kappa shape index (κ1) is 17.9. The lowest BCUT2D eigenvalue weighted by molar-refractivity contribution is -0.115. The molecule has 1 N–H and O–H groups in total. The standard InChI is InChI=1S/C22H24N2O2/c1-4-17-13-16(9-11-20(17)26-3)14-19-22(25)24-21(23-19)12-10-18-8-6-5-7-15(18)2/h5-9,11,13-14H,4,10,12H2,1-3H3,(H,23,24,25)/b19-14+. The van der Waals surface area contributed by atoms with Crippen LogP contribution in [0.15, 0.2) is 53.2 Å². The second kappa shape index (κ2) is 8.00. The van der Waals surface area contributed by atoms with E-state index in [0.29, 0.717) is 5.70 Å². The maximum absolute atomic E-state index is 12.2. The molecule has 0 unspecified atom stereocenters. The summed E-state index contributed by atoms with van der Waals surface area (Å²) in [6.45, 7) is 4.18. The minimum atomic E-state index is -0.140. The van der Waals surface area contributed by atoms with Gasteiger partial charge >= 0.3 is 0 Å². The fourth-order valence-electron chi connectivity index (χ4n) is 3.10. The average Bonchev–Trinajstić information content (AvgIpc) is 3.00. The predicted octanol–water partition coefficient (Wildman–Crippen LogP) is 4.07. The second-order valence-corrected chi connectivity index (χ2v) is 6.39. The molecule has 0 aromatic heterocycles. The average molecular weight is 348 g/mol. The number of hydrogen-bond donors (Lipinski definition) is 1. The number of aryl methyl sites for hydroxylation is 3. The molecule has 4 nitrogen and oxygen atoms in total. The molecule has 4 heteroatoms. The maximum atomic E-state index is 12.2. The summed E-state index contributed by atoms with van der Waals surface area (Å²) in [5.41, 5.74) is 5.07. The van der Waals surface area contributed by atoms with Crippen LogP contribution >= 0.6 is 0 Å². The number of benzene rings is 2. The van der Waals surface area contributed by atoms with E-state index in [1.807, 2.05) is 36.4 Å². The number of methoxy groups -OCH3 is 1. The summed E-state index contributed by atoms with van der Waals surface area (Å²) in [5, 5.41) is 2.88. The molecule has 1 heterocycles. The lowest BCUT2D eigenvalue weighted by Crippen LogP contribution is -2.24. The summed E-state index contributed by atoms with van der Waals surface area (Å²) in [4.78, 5) is 16.7. The second-order valence-electron chi connectivity index (χ2n) is 6.39. The molecule has 1 aliphatic rings. The molecule has 0 radical (unpaired) electrons. The summed E-state index contributed by atoms with van der Waals surface area (Å²) >= 11 is 0. The van der Waals surface area contributed by atoms with Crippen LogP contribution in [0.5, 0.6) is 5.75 Å². The van der Waals surface area contributed by atoms with Gasteiger partial charge in [0.2, 0.25) is 0 Å². The van der Waals surface area contributed by atoms with Crippen molar-refractivity contribution in [1.29, 1.82) is 0 Å². The SMILES string of the molecule is CCc1cc(/C=C2/N=C(CCc3ccccc3C)NC2=O)ccc1OC. The minimum Gasteiger partial charge on any atom is -0.496 e. The molecule has 0 spiro atoms. The van der Waals surface area contributed by atoms with Crippen molar-refractivity contribution in [2.75, 3.05) is 7.11 Å². The Labute approximate surface area is 154 Å². The number of aliphatic imine (C=N–C) groups is 1. The van der Waals surface area contributed by atoms with Crippen LogP contribution in [0.2, 0.25) is 0 Å². The van der Waals surface area contributed by atoms with Gasteiger partial charge in [0.15, 0.2) is 0 Å². The monoisotopic (exact) mass is 348 g/mol. The van der Waals surface area contributed by atoms with Gasteiger partial charge in [-0.2, -0.15) is 0 Å². The van der Waals surface area contributed by atoms with E-state index in [1.54, 1.807) is 7.11 Å². The molecular weight excluding hydrogens is 324 g/mol. The molecule has 3 rings (SSSR count). The van der Waals surface area contributed by atoms with Crippen LogP contribution < -0.4 is 10.1 Å². The number of amides is 1. The van der Waals surface area contributed by atoms with Crippen molar-refractivity contribution in [2.45, 2.75) is 33.1 Å². The maximum Gasteiger partial charge on any atom is 0.275 e. The van der Waals surface area contributed by atoms with Gasteiger partial charge in [0, 0.05) is 6.42 Å². The Morgan fingerprint density at radius 1 is 1.12 bits per heavy atom. The van der Waals surface area contributed by atoms with Crippen LogP contribution in [0.4, 0.5) is 0 Å². The first-order valence-electron chi connectivity index (χ1n) is 8.92. The van der Waals surface area contributed by atoms with Crippen LogP contribution in [0.3, 0.4) is 0 Å². The molecule has 0 aliphatic carbocycles. The molecule has 26 heavy (non-hydrogen) atoms. The van der Waals surface area contributed by atoms with Crippen molar-refractivity contribution in [3.63, 3.8) is 0 Å². The Hall–Kier alpha value is -2.88. The van der Waals surface area contributed by atoms with E-state index in [0.717, 1.165) is 42.0 Å². The van der Waals surface area contributed by atoms with Crippen molar-refractivity contribution in [3.05, 3.63) is 70.4 Å². The van der Waals surface area contributed by atoms with Crippen LogP contribution in [0.25, 0.3) is 6.08 Å². The molecule has 0 saturated heterocycles. The molecule has 2 aromatic carbocycles. The largest absolute Gasteiger partial charge is 0.496 e. The summed E-state index contributed by atoms with van der Waals surface area (Å²) in [6, 6.07) is 14.2. The van der Waals surface area contributed by atoms with Gasteiger partial charge in [0.25, 0.3) is 5.91 Å². The van der Waals surface area contributed by atoms with Crippen LogP contribution in [-0.2, 0) is 17.6 Å². The lowest BCUT2D eigenvalue weighted by atomic mass is 10.0. The number of rotatable bonds is 6. The smallest absolute Gasteiger partial charge is 0.275 e. The summed E-state index contributed by atoms with van der Waals surface area (Å²) in [5.74, 6) is 1.46. The molecule has 1 aliphatic heterocycles. The highest BCUT2D eigenvalue weighted by atomic mass is 16.5. The molecule has 134 valence electrons. The van der Waals surface area contributed by atoms with E-state index >= 15 is 0 Å². The van der Waals surface area contributed by atoms with Crippen molar-refractivity contribution in [3.8, 4) is 5.75 Å². The van der Waals surface area contributed by atoms with E-state index in [1.165, 1.54) is 11.1 Å². The normalized spacial score (nSPS) is 15.1. The third-order valence-corrected chi connectivity index (χ3v) is 4.63. The van der Waals surface area contributed by atoms with Gasteiger partial charge in [-0.05, 0) is 60.2 Å². The summed E-state index contributed by atoms with van der Waals surface area (Å²) < 4.78 is 5.36. The fourth-order valence-corrected chi connectivity index (χ4v) is 3.10. The van der Waals surface area contributed by atoms with E-state index in [4.69, 9.17) is 4.74 Å². The Kier molecular flexibility index (Phi) is 5.52. The minimum absolute atomic E-state index is 0.140. The fraction of sp³-hybridized carbons (Fsp3) is 0.273. The van der Waals surface area contributed by atoms with E-state index in [-0.39, 0.29) is 5.91 Å². The number of amidine groups is 1. The van der Waals surface area contributed by atoms with Crippen molar-refractivity contribution in [2.24, 2.45) is 4.99 Å². The lowest BCUT2D eigenvalue weighted by Gasteiger charge is -2.07. The summed E-state index contributed by atoms with van der Waals surface area (Å²) in [6.07, 6.45) is 4.28. The van der Waals surface area contributed by atoms with E-state index < -0.39 is 0 Å². The van der Waals surface area contributed by atoms with E-state index in [9.17, 15) is 4.79 Å². The van der Waals surface area contributed by atoms with Gasteiger partial charge in [-0.15, -0.1) is 0 Å². The first-order chi connectivity index (χ1) is 12.6. The Bertz CT molecular complexity index is 881. The highest BCUT2D eigenvalue weighted by Crippen LogP contribution is 2.23. The summed E-state index contributed by atoms with van der Waals surface area (Å²) in [7, 11) is 1.67. The zero-order chi connectivity index (χ0) is 18.5. The number of ether oxygens (including phenoxy) is 1. The molecule has 0 saturated carbocycles. The quantitative estimate of drug-likeness (QED) is 0.800. The number of nitrogens with one attached hydrogen (secondary N) is 1. The Morgan fingerprint density at radius 3 is 2.65 bits per heavy atom. The molecular formula is C22H24N2O2. The number of hydrogen-bond acceptors (Lipinski definition) is 3. The predicted molar refractivity (Wildman–Crippen MR) is 105 cm³/mol. The van der Waals surface area contributed by atoms with Crippen molar-refractivity contribution in [1.82, 2.24) is 5.32 Å². The number of carbonyl (C=O) groups is 1. The van der Waals surface area contributed by atoms with Crippen LogP contribution in [0.1, 0.15) is 35.6 Å². The molecule has 1 amide bonds. The molecule has 0 fully saturated rings. The Balaban J connectivity index is 1.75. The van der Waals surface area contributed by atoms with Crippen molar-refractivity contribution < 1.29 is 9.53 Å². The zero-order valence-corrected chi connectivity index (χ0v) is 15.5. The van der Waals surface area contributed by atoms with Gasteiger partial charge in [-0.3, -0.25) is 4.79 Å². The molecule has 2 aromatic rings.